The molecule has 0 aliphatic carbocycles. The molecule has 0 saturated carbocycles. The van der Waals surface area contributed by atoms with E-state index in [9.17, 15) is 13.2 Å². The van der Waals surface area contributed by atoms with Crippen LogP contribution in [0.4, 0.5) is 5.69 Å². The summed E-state index contributed by atoms with van der Waals surface area (Å²) in [5.41, 5.74) is 0.420. The number of halogens is 2. The van der Waals surface area contributed by atoms with Gasteiger partial charge in [-0.1, -0.05) is 29.3 Å². The third kappa shape index (κ3) is 5.60. The molecule has 0 atom stereocenters. The highest BCUT2D eigenvalue weighted by molar-refractivity contribution is 7.92. The molecule has 6 nitrogen and oxygen atoms in total. The SMILES string of the molecule is CN(C)CCNC(=O)c1cccc(S(=O)(=O)Nc2cc(Cl)ccc2Cl)c1. The molecule has 0 saturated heterocycles. The summed E-state index contributed by atoms with van der Waals surface area (Å²) in [5.74, 6) is -0.343. The van der Waals surface area contributed by atoms with E-state index in [0.717, 1.165) is 0 Å². The van der Waals surface area contributed by atoms with Crippen LogP contribution in [0.3, 0.4) is 0 Å². The van der Waals surface area contributed by atoms with Crippen molar-refractivity contribution in [2.75, 3.05) is 31.9 Å². The van der Waals surface area contributed by atoms with Gasteiger partial charge in [0, 0.05) is 23.7 Å². The first-order valence-corrected chi connectivity index (χ1v) is 9.94. The first-order chi connectivity index (χ1) is 12.2. The van der Waals surface area contributed by atoms with Crippen molar-refractivity contribution in [3.63, 3.8) is 0 Å². The van der Waals surface area contributed by atoms with Crippen molar-refractivity contribution < 1.29 is 13.2 Å². The largest absolute Gasteiger partial charge is 0.351 e. The van der Waals surface area contributed by atoms with Crippen LogP contribution < -0.4 is 10.0 Å². The predicted molar refractivity (Wildman–Crippen MR) is 105 cm³/mol. The van der Waals surface area contributed by atoms with Crippen molar-refractivity contribution in [1.29, 1.82) is 0 Å². The summed E-state index contributed by atoms with van der Waals surface area (Å²) in [6.07, 6.45) is 0. The minimum absolute atomic E-state index is 0.0474. The molecule has 0 aliphatic rings. The number of hydrogen-bond acceptors (Lipinski definition) is 4. The zero-order valence-electron chi connectivity index (χ0n) is 14.3. The third-order valence-electron chi connectivity index (χ3n) is 3.42. The van der Waals surface area contributed by atoms with Crippen LogP contribution in [-0.4, -0.2) is 46.4 Å². The molecule has 0 heterocycles. The maximum absolute atomic E-state index is 12.6. The number of hydrogen-bond donors (Lipinski definition) is 2. The lowest BCUT2D eigenvalue weighted by molar-refractivity contribution is 0.0951. The molecular weight excluding hydrogens is 397 g/mol. The zero-order chi connectivity index (χ0) is 19.3. The first-order valence-electron chi connectivity index (χ1n) is 7.70. The summed E-state index contributed by atoms with van der Waals surface area (Å²) in [4.78, 5) is 14.1. The van der Waals surface area contributed by atoms with Gasteiger partial charge in [0.15, 0.2) is 0 Å². The highest BCUT2D eigenvalue weighted by Gasteiger charge is 2.18. The standard InChI is InChI=1S/C17H19Cl2N3O3S/c1-22(2)9-8-20-17(23)12-4-3-5-14(10-12)26(24,25)21-16-11-13(18)6-7-15(16)19/h3-7,10-11,21H,8-9H2,1-2H3,(H,20,23). The summed E-state index contributed by atoms with van der Waals surface area (Å²) < 4.78 is 27.6. The van der Waals surface area contributed by atoms with E-state index in [2.05, 4.69) is 10.0 Å². The Morgan fingerprint density at radius 3 is 2.54 bits per heavy atom. The van der Waals surface area contributed by atoms with Crippen molar-refractivity contribution in [1.82, 2.24) is 10.2 Å². The molecule has 0 spiro atoms. The van der Waals surface area contributed by atoms with Crippen molar-refractivity contribution in [3.05, 3.63) is 58.1 Å². The molecule has 2 aromatic carbocycles. The molecule has 2 N–H and O–H groups in total. The lowest BCUT2D eigenvalue weighted by Gasteiger charge is -2.12. The number of carbonyl (C=O) groups excluding carboxylic acids is 1. The number of likely N-dealkylation sites (N-methyl/N-ethyl adjacent to an activating group) is 1. The monoisotopic (exact) mass is 415 g/mol. The van der Waals surface area contributed by atoms with E-state index in [-0.39, 0.29) is 27.1 Å². The summed E-state index contributed by atoms with van der Waals surface area (Å²) in [7, 11) is -0.134. The molecule has 0 fully saturated rings. The number of benzene rings is 2. The van der Waals surface area contributed by atoms with Gasteiger partial charge >= 0.3 is 0 Å². The Morgan fingerprint density at radius 1 is 1.12 bits per heavy atom. The second-order valence-corrected chi connectivity index (χ2v) is 8.34. The average Bonchev–Trinajstić information content (AvgIpc) is 2.57. The van der Waals surface area contributed by atoms with Gasteiger partial charge in [-0.2, -0.15) is 0 Å². The average molecular weight is 416 g/mol. The Kier molecular flexibility index (Phi) is 6.88. The Labute approximate surface area is 163 Å². The maximum atomic E-state index is 12.6. The van der Waals surface area contributed by atoms with Crippen LogP contribution >= 0.6 is 23.2 Å². The van der Waals surface area contributed by atoms with E-state index >= 15 is 0 Å². The lowest BCUT2D eigenvalue weighted by atomic mass is 10.2. The second kappa shape index (κ2) is 8.73. The second-order valence-electron chi connectivity index (χ2n) is 5.82. The molecule has 0 aromatic heterocycles. The van der Waals surface area contributed by atoms with Crippen molar-refractivity contribution in [2.45, 2.75) is 4.90 Å². The fraction of sp³-hybridized carbons (Fsp3) is 0.235. The van der Waals surface area contributed by atoms with Crippen LogP contribution in [0.2, 0.25) is 10.0 Å². The summed E-state index contributed by atoms with van der Waals surface area (Å²) in [6.45, 7) is 1.14. The summed E-state index contributed by atoms with van der Waals surface area (Å²) in [6, 6.07) is 10.2. The minimum atomic E-state index is -3.92. The summed E-state index contributed by atoms with van der Waals surface area (Å²) in [5, 5.41) is 3.31. The van der Waals surface area contributed by atoms with Crippen molar-refractivity contribution in [3.8, 4) is 0 Å². The molecule has 26 heavy (non-hydrogen) atoms. The minimum Gasteiger partial charge on any atom is -0.351 e. The molecule has 0 radical (unpaired) electrons. The number of nitrogens with one attached hydrogen (secondary N) is 2. The fourth-order valence-electron chi connectivity index (χ4n) is 2.08. The Balaban J connectivity index is 2.19. The van der Waals surface area contributed by atoms with Gasteiger partial charge in [0.05, 0.1) is 15.6 Å². The first kappa shape index (κ1) is 20.5. The van der Waals surface area contributed by atoms with Gasteiger partial charge in [0.25, 0.3) is 15.9 Å². The van der Waals surface area contributed by atoms with Crippen LogP contribution in [0.25, 0.3) is 0 Å². The number of rotatable bonds is 7. The number of sulfonamides is 1. The van der Waals surface area contributed by atoms with Crippen LogP contribution in [0, 0.1) is 0 Å². The van der Waals surface area contributed by atoms with Gasteiger partial charge < -0.3 is 10.2 Å². The van der Waals surface area contributed by atoms with Gasteiger partial charge in [-0.25, -0.2) is 8.42 Å². The highest BCUT2D eigenvalue weighted by Crippen LogP contribution is 2.27. The molecular formula is C17H19Cl2N3O3S. The molecule has 0 aliphatic heterocycles. The van der Waals surface area contributed by atoms with Gasteiger partial charge in [-0.15, -0.1) is 0 Å². The fourth-order valence-corrected chi connectivity index (χ4v) is 3.59. The van der Waals surface area contributed by atoms with Gasteiger partial charge in [0.1, 0.15) is 0 Å². The number of nitrogens with zero attached hydrogens (tertiary/aromatic N) is 1. The lowest BCUT2D eigenvalue weighted by Crippen LogP contribution is -2.31. The van der Waals surface area contributed by atoms with Crippen LogP contribution in [0.15, 0.2) is 47.4 Å². The number of anilines is 1. The van der Waals surface area contributed by atoms with E-state index in [1.54, 1.807) is 12.1 Å². The Bertz CT molecular complexity index is 902. The summed E-state index contributed by atoms with van der Waals surface area (Å²) >= 11 is 11.9. The van der Waals surface area contributed by atoms with E-state index in [1.165, 1.54) is 30.3 Å². The van der Waals surface area contributed by atoms with Crippen molar-refractivity contribution in [2.24, 2.45) is 0 Å². The smallest absolute Gasteiger partial charge is 0.261 e. The van der Waals surface area contributed by atoms with Gasteiger partial charge in [-0.3, -0.25) is 9.52 Å². The van der Waals surface area contributed by atoms with Crippen LogP contribution in [0.5, 0.6) is 0 Å². The molecule has 140 valence electrons. The van der Waals surface area contributed by atoms with Crippen molar-refractivity contribution >= 4 is 44.8 Å². The molecule has 0 unspecified atom stereocenters. The number of carbonyl (C=O) groups is 1. The van der Waals surface area contributed by atoms with E-state index in [1.807, 2.05) is 19.0 Å². The molecule has 0 bridgehead atoms. The van der Waals surface area contributed by atoms with E-state index in [4.69, 9.17) is 23.2 Å². The topological polar surface area (TPSA) is 78.5 Å². The maximum Gasteiger partial charge on any atom is 0.261 e. The Hall–Kier alpha value is -1.80. The van der Waals surface area contributed by atoms with E-state index in [0.29, 0.717) is 18.1 Å². The molecule has 2 rings (SSSR count). The molecule has 1 amide bonds. The molecule has 2 aromatic rings. The number of amides is 1. The van der Waals surface area contributed by atoms with E-state index < -0.39 is 10.0 Å². The van der Waals surface area contributed by atoms with Gasteiger partial charge in [-0.05, 0) is 50.5 Å². The van der Waals surface area contributed by atoms with Crippen LogP contribution in [-0.2, 0) is 10.0 Å². The normalized spacial score (nSPS) is 11.4. The van der Waals surface area contributed by atoms with Crippen LogP contribution in [0.1, 0.15) is 10.4 Å². The third-order valence-corrected chi connectivity index (χ3v) is 5.35. The highest BCUT2D eigenvalue weighted by atomic mass is 35.5. The molecule has 9 heteroatoms. The zero-order valence-corrected chi connectivity index (χ0v) is 16.6. The Morgan fingerprint density at radius 2 is 1.85 bits per heavy atom. The quantitative estimate of drug-likeness (QED) is 0.727. The van der Waals surface area contributed by atoms with Gasteiger partial charge in [0.2, 0.25) is 0 Å². The predicted octanol–water partition coefficient (Wildman–Crippen LogP) is 3.09.